The molecule has 0 aliphatic carbocycles. The number of hydrogen-bond donors (Lipinski definition) is 0. The van der Waals surface area contributed by atoms with E-state index in [4.69, 9.17) is 0 Å². The molecule has 0 fully saturated rings. The molecule has 0 aromatic heterocycles. The van der Waals surface area contributed by atoms with E-state index >= 15 is 0 Å². The summed E-state index contributed by atoms with van der Waals surface area (Å²) >= 11 is 0. The number of carbonyl (C=O) groups excluding carboxylic acids is 1. The van der Waals surface area contributed by atoms with Crippen molar-refractivity contribution >= 4 is 11.7 Å². The standard InChI is InChI=1S/C11H12F3NO3/c1-15(2)8-6-4-5-7(10(16)17-3)9(8)18-11(12,13)14/h4-6H,1-3H3. The Hall–Kier alpha value is -1.92. The van der Waals surface area contributed by atoms with Crippen LogP contribution in [0.4, 0.5) is 18.9 Å². The molecule has 0 atom stereocenters. The fourth-order valence-electron chi connectivity index (χ4n) is 1.37. The highest BCUT2D eigenvalue weighted by Crippen LogP contribution is 2.35. The van der Waals surface area contributed by atoms with E-state index in [1.54, 1.807) is 14.1 Å². The molecular formula is C11H12F3NO3. The van der Waals surface area contributed by atoms with E-state index in [0.717, 1.165) is 7.11 Å². The Morgan fingerprint density at radius 1 is 1.28 bits per heavy atom. The van der Waals surface area contributed by atoms with Gasteiger partial charge in [-0.3, -0.25) is 0 Å². The molecule has 0 heterocycles. The molecule has 4 nitrogen and oxygen atoms in total. The summed E-state index contributed by atoms with van der Waals surface area (Å²) in [5.41, 5.74) is -0.142. The molecule has 7 heteroatoms. The molecule has 18 heavy (non-hydrogen) atoms. The van der Waals surface area contributed by atoms with Crippen LogP contribution in [-0.4, -0.2) is 33.5 Å². The Bertz CT molecular complexity index is 444. The van der Waals surface area contributed by atoms with Crippen LogP contribution in [0.5, 0.6) is 5.75 Å². The number of nitrogens with zero attached hydrogens (tertiary/aromatic N) is 1. The van der Waals surface area contributed by atoms with Crippen LogP contribution in [0.1, 0.15) is 10.4 Å². The van der Waals surface area contributed by atoms with E-state index in [0.29, 0.717) is 0 Å². The number of rotatable bonds is 3. The van der Waals surface area contributed by atoms with Crippen molar-refractivity contribution in [3.05, 3.63) is 23.8 Å². The molecule has 0 amide bonds. The molecule has 0 unspecified atom stereocenters. The minimum absolute atomic E-state index is 0.134. The number of esters is 1. The maximum absolute atomic E-state index is 12.3. The minimum atomic E-state index is -4.88. The SMILES string of the molecule is COC(=O)c1cccc(N(C)C)c1OC(F)(F)F. The summed E-state index contributed by atoms with van der Waals surface area (Å²) in [5, 5.41) is 0. The molecule has 1 aromatic rings. The number of para-hydroxylation sites is 1. The molecule has 100 valence electrons. The third-order valence-electron chi connectivity index (χ3n) is 2.10. The largest absolute Gasteiger partial charge is 0.573 e. The molecule has 0 aliphatic heterocycles. The van der Waals surface area contributed by atoms with E-state index in [1.807, 2.05) is 0 Å². The van der Waals surface area contributed by atoms with Gasteiger partial charge in [-0.2, -0.15) is 0 Å². The van der Waals surface area contributed by atoms with Gasteiger partial charge < -0.3 is 14.4 Å². The van der Waals surface area contributed by atoms with Crippen molar-refractivity contribution in [1.29, 1.82) is 0 Å². The van der Waals surface area contributed by atoms with E-state index in [1.165, 1.54) is 23.1 Å². The van der Waals surface area contributed by atoms with Crippen LogP contribution >= 0.6 is 0 Å². The highest BCUT2D eigenvalue weighted by molar-refractivity contribution is 5.94. The van der Waals surface area contributed by atoms with Crippen molar-refractivity contribution in [3.63, 3.8) is 0 Å². The van der Waals surface area contributed by atoms with Crippen LogP contribution in [0, 0.1) is 0 Å². The van der Waals surface area contributed by atoms with E-state index in [9.17, 15) is 18.0 Å². The molecule has 0 spiro atoms. The lowest BCUT2D eigenvalue weighted by Gasteiger charge is -2.20. The van der Waals surface area contributed by atoms with E-state index in [2.05, 4.69) is 9.47 Å². The quantitative estimate of drug-likeness (QED) is 0.785. The molecule has 0 N–H and O–H groups in total. The second kappa shape index (κ2) is 5.16. The van der Waals surface area contributed by atoms with E-state index < -0.39 is 18.1 Å². The molecule has 0 aliphatic rings. The van der Waals surface area contributed by atoms with Gasteiger partial charge in [0.2, 0.25) is 0 Å². The second-order valence-electron chi connectivity index (χ2n) is 3.59. The number of benzene rings is 1. The van der Waals surface area contributed by atoms with Gasteiger partial charge in [-0.1, -0.05) is 6.07 Å². The van der Waals surface area contributed by atoms with E-state index in [-0.39, 0.29) is 11.3 Å². The highest BCUT2D eigenvalue weighted by atomic mass is 19.4. The Balaban J connectivity index is 3.34. The first-order valence-electron chi connectivity index (χ1n) is 4.90. The molecule has 0 radical (unpaired) electrons. The van der Waals surface area contributed by atoms with Gasteiger partial charge in [0.1, 0.15) is 5.56 Å². The predicted molar refractivity (Wildman–Crippen MR) is 58.8 cm³/mol. The Kier molecular flexibility index (Phi) is 4.05. The number of hydrogen-bond acceptors (Lipinski definition) is 4. The Labute approximate surface area is 102 Å². The van der Waals surface area contributed by atoms with Gasteiger partial charge in [0.25, 0.3) is 0 Å². The molecule has 1 aromatic carbocycles. The lowest BCUT2D eigenvalue weighted by atomic mass is 10.1. The summed E-state index contributed by atoms with van der Waals surface area (Å²) in [4.78, 5) is 12.8. The normalized spacial score (nSPS) is 11.0. The number of carbonyl (C=O) groups is 1. The summed E-state index contributed by atoms with van der Waals surface area (Å²) in [7, 11) is 4.17. The maximum atomic E-state index is 12.3. The first-order chi connectivity index (χ1) is 8.26. The average Bonchev–Trinajstić information content (AvgIpc) is 2.25. The molecule has 0 saturated heterocycles. The average molecular weight is 263 g/mol. The number of anilines is 1. The number of halogens is 3. The first-order valence-corrected chi connectivity index (χ1v) is 4.90. The van der Waals surface area contributed by atoms with Crippen LogP contribution < -0.4 is 9.64 Å². The van der Waals surface area contributed by atoms with Gasteiger partial charge in [-0.15, -0.1) is 13.2 Å². The van der Waals surface area contributed by atoms with Crippen molar-refractivity contribution in [2.75, 3.05) is 26.1 Å². The summed E-state index contributed by atoms with van der Waals surface area (Å²) < 4.78 is 45.3. The molecule has 1 rings (SSSR count). The fourth-order valence-corrected chi connectivity index (χ4v) is 1.37. The third kappa shape index (κ3) is 3.28. The van der Waals surface area contributed by atoms with Crippen molar-refractivity contribution in [3.8, 4) is 5.75 Å². The lowest BCUT2D eigenvalue weighted by Crippen LogP contribution is -2.22. The summed E-state index contributed by atoms with van der Waals surface area (Å²) in [6.07, 6.45) is -4.88. The summed E-state index contributed by atoms with van der Waals surface area (Å²) in [6.45, 7) is 0. The van der Waals surface area contributed by atoms with Crippen LogP contribution in [0.15, 0.2) is 18.2 Å². The first kappa shape index (κ1) is 14.1. The van der Waals surface area contributed by atoms with Crippen molar-refractivity contribution in [1.82, 2.24) is 0 Å². The van der Waals surface area contributed by atoms with Crippen molar-refractivity contribution in [2.24, 2.45) is 0 Å². The van der Waals surface area contributed by atoms with Crippen molar-refractivity contribution < 1.29 is 27.4 Å². The van der Waals surface area contributed by atoms with Crippen LogP contribution in [0.3, 0.4) is 0 Å². The van der Waals surface area contributed by atoms with Crippen molar-refractivity contribution in [2.45, 2.75) is 6.36 Å². The summed E-state index contributed by atoms with van der Waals surface area (Å²) in [6, 6.07) is 4.07. The van der Waals surface area contributed by atoms with Gasteiger partial charge in [-0.25, -0.2) is 4.79 Å². The molecule has 0 bridgehead atoms. The van der Waals surface area contributed by atoms with Crippen LogP contribution in [0.2, 0.25) is 0 Å². The third-order valence-corrected chi connectivity index (χ3v) is 2.10. The van der Waals surface area contributed by atoms with Gasteiger partial charge >= 0.3 is 12.3 Å². The topological polar surface area (TPSA) is 38.8 Å². The zero-order chi connectivity index (χ0) is 13.9. The van der Waals surface area contributed by atoms with Crippen LogP contribution in [0.25, 0.3) is 0 Å². The number of methoxy groups -OCH3 is 1. The summed E-state index contributed by atoms with van der Waals surface area (Å²) in [5.74, 6) is -1.46. The molecular weight excluding hydrogens is 251 g/mol. The van der Waals surface area contributed by atoms with Crippen LogP contribution in [-0.2, 0) is 4.74 Å². The zero-order valence-electron chi connectivity index (χ0n) is 10.0. The Morgan fingerprint density at radius 3 is 2.33 bits per heavy atom. The van der Waals surface area contributed by atoms with Gasteiger partial charge in [-0.05, 0) is 12.1 Å². The number of alkyl halides is 3. The maximum Gasteiger partial charge on any atom is 0.573 e. The smallest absolute Gasteiger partial charge is 0.465 e. The lowest BCUT2D eigenvalue weighted by molar-refractivity contribution is -0.274. The van der Waals surface area contributed by atoms with Gasteiger partial charge in [0.05, 0.1) is 12.8 Å². The van der Waals surface area contributed by atoms with Gasteiger partial charge in [0.15, 0.2) is 5.75 Å². The predicted octanol–water partition coefficient (Wildman–Crippen LogP) is 2.44. The Morgan fingerprint density at radius 2 is 1.89 bits per heavy atom. The van der Waals surface area contributed by atoms with Gasteiger partial charge in [0, 0.05) is 14.1 Å². The monoisotopic (exact) mass is 263 g/mol. The fraction of sp³-hybridized carbons (Fsp3) is 0.364. The highest BCUT2D eigenvalue weighted by Gasteiger charge is 2.34. The number of ether oxygens (including phenoxy) is 2. The molecule has 0 saturated carbocycles. The minimum Gasteiger partial charge on any atom is -0.465 e. The second-order valence-corrected chi connectivity index (χ2v) is 3.59. The zero-order valence-corrected chi connectivity index (χ0v) is 10.0.